The lowest BCUT2D eigenvalue weighted by Crippen LogP contribution is -2.43. The summed E-state index contributed by atoms with van der Waals surface area (Å²) >= 11 is 1.63. The Bertz CT molecular complexity index is 1710. The second-order valence-electron chi connectivity index (χ2n) is 12.0. The monoisotopic (exact) mass is 695 g/mol. The number of nitrogens with one attached hydrogen (secondary N) is 5. The zero-order chi connectivity index (χ0) is 35.7. The molecule has 0 spiro atoms. The summed E-state index contributed by atoms with van der Waals surface area (Å²) in [4.78, 5) is 2.06. The lowest BCUT2D eigenvalue weighted by molar-refractivity contribution is -0.138. The van der Waals surface area contributed by atoms with E-state index >= 15 is 0 Å². The van der Waals surface area contributed by atoms with Crippen molar-refractivity contribution in [1.82, 2.24) is 20.4 Å². The molecule has 3 heterocycles. The SMILES string of the molecule is C=C(Nc1c(C)ccc(C(C)Nc2ccc(CN3CCNCC3)c(C(F)(F)F)c2)c1/C=C\C)c1csc2c(NC3CC3)n[nH]c12.CC.CC. The molecule has 5 N–H and O–H groups in total. The maximum atomic E-state index is 14.2. The number of rotatable bonds is 11. The van der Waals surface area contributed by atoms with Crippen LogP contribution in [0.15, 0.2) is 48.4 Å². The number of aromatic nitrogens is 2. The molecule has 1 atom stereocenters. The van der Waals surface area contributed by atoms with Crippen molar-refractivity contribution in [3.8, 4) is 0 Å². The molecule has 7 nitrogen and oxygen atoms in total. The van der Waals surface area contributed by atoms with E-state index in [1.807, 2.05) is 72.8 Å². The molecule has 11 heteroatoms. The molecular formula is C38H52F3N7S. The van der Waals surface area contributed by atoms with Gasteiger partial charge in [0.25, 0.3) is 0 Å². The fourth-order valence-corrected chi connectivity index (χ4v) is 6.89. The molecule has 2 aromatic heterocycles. The first kappa shape index (κ1) is 38.0. The van der Waals surface area contributed by atoms with Gasteiger partial charge in [-0.1, -0.05) is 64.6 Å². The molecule has 2 aliphatic rings. The fraction of sp³-hybridized carbons (Fsp3) is 0.447. The molecule has 6 rings (SSSR count). The van der Waals surface area contributed by atoms with Crippen molar-refractivity contribution in [3.05, 3.63) is 81.7 Å². The molecule has 266 valence electrons. The summed E-state index contributed by atoms with van der Waals surface area (Å²) in [6.07, 6.45) is 1.90. The van der Waals surface area contributed by atoms with E-state index in [1.54, 1.807) is 23.5 Å². The number of aromatic amines is 1. The van der Waals surface area contributed by atoms with E-state index in [1.165, 1.54) is 18.9 Å². The molecule has 0 bridgehead atoms. The van der Waals surface area contributed by atoms with Gasteiger partial charge in [-0.25, -0.2) is 0 Å². The van der Waals surface area contributed by atoms with Gasteiger partial charge in [0, 0.05) is 78.4 Å². The van der Waals surface area contributed by atoms with Crippen LogP contribution in [0.3, 0.4) is 0 Å². The second-order valence-corrected chi connectivity index (χ2v) is 12.8. The molecule has 4 aromatic rings. The van der Waals surface area contributed by atoms with Gasteiger partial charge in [-0.2, -0.15) is 18.3 Å². The van der Waals surface area contributed by atoms with Crippen LogP contribution in [0.25, 0.3) is 22.0 Å². The van der Waals surface area contributed by atoms with Crippen LogP contribution in [-0.2, 0) is 12.7 Å². The largest absolute Gasteiger partial charge is 0.416 e. The number of piperazine rings is 1. The van der Waals surface area contributed by atoms with Crippen LogP contribution in [-0.4, -0.2) is 47.3 Å². The minimum Gasteiger partial charge on any atom is -0.378 e. The van der Waals surface area contributed by atoms with Crippen molar-refractivity contribution in [2.24, 2.45) is 0 Å². The molecule has 1 unspecified atom stereocenters. The summed E-state index contributed by atoms with van der Waals surface area (Å²) < 4.78 is 43.7. The fourth-order valence-electron chi connectivity index (χ4n) is 5.91. The van der Waals surface area contributed by atoms with Crippen LogP contribution in [0.4, 0.5) is 30.4 Å². The highest BCUT2D eigenvalue weighted by Gasteiger charge is 2.34. The molecule has 1 saturated heterocycles. The van der Waals surface area contributed by atoms with Gasteiger partial charge in [0.15, 0.2) is 5.82 Å². The standard InChI is InChI=1S/C34H40F3N7S.2C2H6/c1-5-6-27-26(21(3)39-25-9-8-23(29(17-25)34(35,36)37)18-44-15-13-38-14-16-44)12-7-20(2)30(27)40-22(4)28-19-45-32-31(28)42-43-33(32)41-24-10-11-24;2*1-2/h5-9,12,17,19,21,24,38-40H,4,10-11,13-16,18H2,1-3H3,(H2,41,42,43);2*1-2H3/b6-5-;;. The molecular weight excluding hydrogens is 644 g/mol. The summed E-state index contributed by atoms with van der Waals surface area (Å²) in [6.45, 7) is 21.6. The third-order valence-electron chi connectivity index (χ3n) is 8.49. The molecule has 49 heavy (non-hydrogen) atoms. The van der Waals surface area contributed by atoms with Crippen molar-refractivity contribution < 1.29 is 13.2 Å². The number of H-pyrrole nitrogens is 1. The van der Waals surface area contributed by atoms with Crippen LogP contribution in [0.1, 0.15) is 93.8 Å². The van der Waals surface area contributed by atoms with Gasteiger partial charge in [-0.3, -0.25) is 10.00 Å². The third-order valence-corrected chi connectivity index (χ3v) is 9.48. The number of hydrogen-bond donors (Lipinski definition) is 5. The first-order chi connectivity index (χ1) is 23.6. The second kappa shape index (κ2) is 17.2. The lowest BCUT2D eigenvalue weighted by Gasteiger charge is -2.28. The number of aryl methyl sites for hydroxylation is 1. The summed E-state index contributed by atoms with van der Waals surface area (Å²) in [7, 11) is 0. The van der Waals surface area contributed by atoms with E-state index in [0.29, 0.717) is 17.3 Å². The molecule has 2 aromatic carbocycles. The number of halogens is 3. The Morgan fingerprint density at radius 3 is 2.49 bits per heavy atom. The van der Waals surface area contributed by atoms with Crippen molar-refractivity contribution in [1.29, 1.82) is 0 Å². The van der Waals surface area contributed by atoms with Crippen molar-refractivity contribution >= 4 is 50.5 Å². The number of nitrogens with zero attached hydrogens (tertiary/aromatic N) is 2. The summed E-state index contributed by atoms with van der Waals surface area (Å²) in [5, 5.41) is 23.4. The van der Waals surface area contributed by atoms with Crippen LogP contribution < -0.4 is 21.3 Å². The van der Waals surface area contributed by atoms with Crippen LogP contribution in [0, 0.1) is 6.92 Å². The Morgan fingerprint density at radius 2 is 1.84 bits per heavy atom. The molecule has 1 saturated carbocycles. The summed E-state index contributed by atoms with van der Waals surface area (Å²) in [6, 6.07) is 8.91. The zero-order valence-corrected chi connectivity index (χ0v) is 30.7. The maximum Gasteiger partial charge on any atom is 0.416 e. The van der Waals surface area contributed by atoms with Crippen LogP contribution in [0.5, 0.6) is 0 Å². The predicted molar refractivity (Wildman–Crippen MR) is 203 cm³/mol. The van der Waals surface area contributed by atoms with Gasteiger partial charge < -0.3 is 21.3 Å². The zero-order valence-electron chi connectivity index (χ0n) is 29.9. The highest BCUT2D eigenvalue weighted by atomic mass is 32.1. The van der Waals surface area contributed by atoms with Gasteiger partial charge in [0.05, 0.1) is 15.8 Å². The maximum absolute atomic E-state index is 14.2. The number of allylic oxidation sites excluding steroid dienone is 1. The molecule has 1 aliphatic heterocycles. The lowest BCUT2D eigenvalue weighted by atomic mass is 9.95. The highest BCUT2D eigenvalue weighted by molar-refractivity contribution is 7.18. The smallest absolute Gasteiger partial charge is 0.378 e. The van der Waals surface area contributed by atoms with E-state index in [2.05, 4.69) is 48.3 Å². The number of anilines is 3. The Hall–Kier alpha value is -3.80. The Labute approximate surface area is 293 Å². The Balaban J connectivity index is 0.00000130. The Kier molecular flexibility index (Phi) is 13.4. The first-order valence-corrected chi connectivity index (χ1v) is 18.3. The minimum atomic E-state index is -4.45. The van der Waals surface area contributed by atoms with Crippen molar-refractivity contribution in [2.75, 3.05) is 42.1 Å². The molecule has 0 amide bonds. The van der Waals surface area contributed by atoms with Gasteiger partial charge >= 0.3 is 6.18 Å². The van der Waals surface area contributed by atoms with Gasteiger partial charge in [-0.15, -0.1) is 11.3 Å². The van der Waals surface area contributed by atoms with Gasteiger partial charge in [0.1, 0.15) is 0 Å². The number of thiophene rings is 1. The average Bonchev–Trinajstić information content (AvgIpc) is 3.68. The van der Waals surface area contributed by atoms with E-state index in [9.17, 15) is 13.2 Å². The quantitative estimate of drug-likeness (QED) is 0.108. The molecule has 2 fully saturated rings. The number of alkyl halides is 3. The third kappa shape index (κ3) is 9.26. The average molecular weight is 696 g/mol. The van der Waals surface area contributed by atoms with E-state index in [-0.39, 0.29) is 12.6 Å². The van der Waals surface area contributed by atoms with Crippen molar-refractivity contribution in [3.63, 3.8) is 0 Å². The highest BCUT2D eigenvalue weighted by Crippen LogP contribution is 2.39. The molecule has 1 aliphatic carbocycles. The van der Waals surface area contributed by atoms with Gasteiger partial charge in [-0.05, 0) is 62.4 Å². The number of fused-ring (bicyclic) bond motifs is 1. The summed E-state index contributed by atoms with van der Waals surface area (Å²) in [5.74, 6) is 0.884. The number of benzene rings is 2. The number of hydrogen-bond acceptors (Lipinski definition) is 7. The van der Waals surface area contributed by atoms with E-state index < -0.39 is 11.7 Å². The topological polar surface area (TPSA) is 80.0 Å². The van der Waals surface area contributed by atoms with Crippen LogP contribution >= 0.6 is 11.3 Å². The summed E-state index contributed by atoms with van der Waals surface area (Å²) in [5.41, 5.74) is 6.62. The van der Waals surface area contributed by atoms with Crippen molar-refractivity contribution in [2.45, 2.75) is 86.1 Å². The normalized spacial score (nSPS) is 15.6. The van der Waals surface area contributed by atoms with E-state index in [4.69, 9.17) is 0 Å². The van der Waals surface area contributed by atoms with Gasteiger partial charge in [0.2, 0.25) is 0 Å². The predicted octanol–water partition coefficient (Wildman–Crippen LogP) is 10.3. The van der Waals surface area contributed by atoms with Crippen LogP contribution in [0.2, 0.25) is 0 Å². The molecule has 0 radical (unpaired) electrons. The minimum absolute atomic E-state index is 0.276. The Morgan fingerprint density at radius 1 is 1.12 bits per heavy atom. The van der Waals surface area contributed by atoms with E-state index in [0.717, 1.165) is 75.9 Å². The first-order valence-electron chi connectivity index (χ1n) is 17.5.